The maximum atomic E-state index is 12.8. The zero-order valence-electron chi connectivity index (χ0n) is 13.1. The molecule has 0 amide bonds. The molecule has 4 rings (SSSR count). The van der Waals surface area contributed by atoms with Crippen molar-refractivity contribution in [1.82, 2.24) is 19.9 Å². The minimum absolute atomic E-state index is 0.369. The highest BCUT2D eigenvalue weighted by Crippen LogP contribution is 2.29. The van der Waals surface area contributed by atoms with Crippen molar-refractivity contribution in [2.24, 2.45) is 0 Å². The standard InChI is InChI=1S/C17H14ClF3N4/c18-12-1-2-14-13(5-12)11(7-22-14)8-25-4-3-10-6-23-16(17(19,20)21)24-15(10)9-25/h1-2,5-7,22H,3-4,8-9H2. The number of nitrogens with one attached hydrogen (secondary N) is 1. The van der Waals surface area contributed by atoms with E-state index in [9.17, 15) is 13.2 Å². The number of aromatic nitrogens is 3. The number of rotatable bonds is 2. The molecule has 3 aromatic rings. The second-order valence-electron chi connectivity index (χ2n) is 6.13. The van der Waals surface area contributed by atoms with Gasteiger partial charge in [0.15, 0.2) is 0 Å². The van der Waals surface area contributed by atoms with Gasteiger partial charge in [0.05, 0.1) is 5.69 Å². The van der Waals surface area contributed by atoms with Crippen molar-refractivity contribution in [2.75, 3.05) is 6.54 Å². The summed E-state index contributed by atoms with van der Waals surface area (Å²) in [6.07, 6.45) is -0.674. The first-order valence-corrected chi connectivity index (χ1v) is 8.18. The number of nitrogens with zero attached hydrogens (tertiary/aromatic N) is 3. The predicted octanol–water partition coefficient (Wildman–Crippen LogP) is 4.19. The monoisotopic (exact) mass is 366 g/mol. The number of aromatic amines is 1. The summed E-state index contributed by atoms with van der Waals surface area (Å²) in [6, 6.07) is 5.62. The van der Waals surface area contributed by atoms with E-state index in [4.69, 9.17) is 11.6 Å². The second-order valence-corrected chi connectivity index (χ2v) is 6.56. The van der Waals surface area contributed by atoms with Crippen LogP contribution in [0.25, 0.3) is 10.9 Å². The Kier molecular flexibility index (Phi) is 3.92. The zero-order valence-corrected chi connectivity index (χ0v) is 13.8. The van der Waals surface area contributed by atoms with E-state index in [1.54, 1.807) is 0 Å². The Bertz CT molecular complexity index is 935. The van der Waals surface area contributed by atoms with Gasteiger partial charge in [0.1, 0.15) is 0 Å². The van der Waals surface area contributed by atoms with Gasteiger partial charge in [-0.1, -0.05) is 11.6 Å². The van der Waals surface area contributed by atoms with Gasteiger partial charge in [0.25, 0.3) is 0 Å². The van der Waals surface area contributed by atoms with Gasteiger partial charge in [-0.05, 0) is 35.7 Å². The number of benzene rings is 1. The van der Waals surface area contributed by atoms with E-state index >= 15 is 0 Å². The second kappa shape index (κ2) is 6.00. The highest BCUT2D eigenvalue weighted by molar-refractivity contribution is 6.31. The molecule has 0 unspecified atom stereocenters. The van der Waals surface area contributed by atoms with E-state index in [1.807, 2.05) is 24.4 Å². The number of alkyl halides is 3. The molecule has 0 aliphatic carbocycles. The molecule has 0 spiro atoms. The maximum Gasteiger partial charge on any atom is 0.451 e. The fourth-order valence-electron chi connectivity index (χ4n) is 3.15. The largest absolute Gasteiger partial charge is 0.451 e. The van der Waals surface area contributed by atoms with Crippen LogP contribution in [0.15, 0.2) is 30.6 Å². The molecule has 25 heavy (non-hydrogen) atoms. The molecule has 0 atom stereocenters. The number of halogens is 4. The van der Waals surface area contributed by atoms with Gasteiger partial charge >= 0.3 is 6.18 Å². The van der Waals surface area contributed by atoms with Crippen LogP contribution in [0, 0.1) is 0 Å². The van der Waals surface area contributed by atoms with Crippen LogP contribution in [0.5, 0.6) is 0 Å². The van der Waals surface area contributed by atoms with Crippen LogP contribution >= 0.6 is 11.6 Å². The van der Waals surface area contributed by atoms with Gasteiger partial charge in [0.2, 0.25) is 5.82 Å². The summed E-state index contributed by atoms with van der Waals surface area (Å²) in [5.74, 6) is -1.08. The summed E-state index contributed by atoms with van der Waals surface area (Å²) in [5.41, 5.74) is 3.28. The molecule has 0 bridgehead atoms. The van der Waals surface area contributed by atoms with Crippen LogP contribution in [-0.2, 0) is 25.7 Å². The summed E-state index contributed by atoms with van der Waals surface area (Å²) < 4.78 is 38.5. The third-order valence-corrected chi connectivity index (χ3v) is 4.64. The van der Waals surface area contributed by atoms with Crippen LogP contribution in [0.1, 0.15) is 22.6 Å². The molecule has 2 aromatic heterocycles. The van der Waals surface area contributed by atoms with Crippen LogP contribution in [0.3, 0.4) is 0 Å². The fourth-order valence-corrected chi connectivity index (χ4v) is 3.32. The number of hydrogen-bond donors (Lipinski definition) is 1. The average Bonchev–Trinajstić information content (AvgIpc) is 2.95. The van der Waals surface area contributed by atoms with Gasteiger partial charge < -0.3 is 4.98 Å². The highest BCUT2D eigenvalue weighted by Gasteiger charge is 2.35. The summed E-state index contributed by atoms with van der Waals surface area (Å²) in [7, 11) is 0. The molecular weight excluding hydrogens is 353 g/mol. The molecule has 8 heteroatoms. The molecule has 0 radical (unpaired) electrons. The fraction of sp³-hybridized carbons (Fsp3) is 0.294. The van der Waals surface area contributed by atoms with E-state index in [2.05, 4.69) is 19.9 Å². The number of fused-ring (bicyclic) bond motifs is 2. The van der Waals surface area contributed by atoms with Crippen LogP contribution in [0.2, 0.25) is 5.02 Å². The molecule has 1 aromatic carbocycles. The van der Waals surface area contributed by atoms with E-state index < -0.39 is 12.0 Å². The topological polar surface area (TPSA) is 44.8 Å². The van der Waals surface area contributed by atoms with Crippen molar-refractivity contribution in [3.8, 4) is 0 Å². The first kappa shape index (κ1) is 16.4. The normalized spacial score (nSPS) is 15.5. The van der Waals surface area contributed by atoms with Crippen molar-refractivity contribution in [2.45, 2.75) is 25.7 Å². The van der Waals surface area contributed by atoms with Crippen molar-refractivity contribution >= 4 is 22.5 Å². The minimum atomic E-state index is -4.52. The Morgan fingerprint density at radius 1 is 1.28 bits per heavy atom. The third-order valence-electron chi connectivity index (χ3n) is 4.40. The third kappa shape index (κ3) is 3.21. The van der Waals surface area contributed by atoms with E-state index in [-0.39, 0.29) is 0 Å². The molecule has 4 nitrogen and oxygen atoms in total. The Balaban J connectivity index is 1.58. The molecular formula is C17H14ClF3N4. The Labute approximate surface area is 146 Å². The molecule has 0 fully saturated rings. The molecule has 0 saturated heterocycles. The van der Waals surface area contributed by atoms with Gasteiger partial charge in [-0.15, -0.1) is 0 Å². The Morgan fingerprint density at radius 3 is 2.92 bits per heavy atom. The SMILES string of the molecule is FC(F)(F)c1ncc2c(n1)CN(Cc1c[nH]c3ccc(Cl)cc13)CC2. The Morgan fingerprint density at radius 2 is 2.12 bits per heavy atom. The summed E-state index contributed by atoms with van der Waals surface area (Å²) in [4.78, 5) is 12.4. The lowest BCUT2D eigenvalue weighted by molar-refractivity contribution is -0.145. The molecule has 3 heterocycles. The first-order valence-electron chi connectivity index (χ1n) is 7.80. The Hall–Kier alpha value is -2.12. The molecule has 1 N–H and O–H groups in total. The summed E-state index contributed by atoms with van der Waals surface area (Å²) in [5, 5.41) is 1.68. The lowest BCUT2D eigenvalue weighted by Crippen LogP contribution is -2.31. The van der Waals surface area contributed by atoms with E-state index in [1.165, 1.54) is 6.20 Å². The van der Waals surface area contributed by atoms with Crippen LogP contribution < -0.4 is 0 Å². The van der Waals surface area contributed by atoms with E-state index in [0.29, 0.717) is 30.2 Å². The van der Waals surface area contributed by atoms with Crippen molar-refractivity contribution in [3.05, 3.63) is 58.3 Å². The minimum Gasteiger partial charge on any atom is -0.361 e. The molecule has 1 aliphatic rings. The smallest absolute Gasteiger partial charge is 0.361 e. The predicted molar refractivity (Wildman–Crippen MR) is 88.2 cm³/mol. The molecule has 1 aliphatic heterocycles. The quantitative estimate of drug-likeness (QED) is 0.739. The van der Waals surface area contributed by atoms with Crippen molar-refractivity contribution < 1.29 is 13.2 Å². The van der Waals surface area contributed by atoms with Crippen LogP contribution in [0.4, 0.5) is 13.2 Å². The van der Waals surface area contributed by atoms with Gasteiger partial charge in [0, 0.05) is 48.0 Å². The lowest BCUT2D eigenvalue weighted by atomic mass is 10.1. The van der Waals surface area contributed by atoms with Crippen molar-refractivity contribution in [1.29, 1.82) is 0 Å². The zero-order chi connectivity index (χ0) is 17.6. The van der Waals surface area contributed by atoms with Gasteiger partial charge in [-0.2, -0.15) is 13.2 Å². The molecule has 130 valence electrons. The average molecular weight is 367 g/mol. The summed E-state index contributed by atoms with van der Waals surface area (Å²) in [6.45, 7) is 1.73. The number of hydrogen-bond acceptors (Lipinski definition) is 3. The first-order chi connectivity index (χ1) is 11.9. The van der Waals surface area contributed by atoms with Gasteiger partial charge in [-0.25, -0.2) is 9.97 Å². The maximum absolute atomic E-state index is 12.8. The van der Waals surface area contributed by atoms with Gasteiger partial charge in [-0.3, -0.25) is 4.90 Å². The van der Waals surface area contributed by atoms with Crippen LogP contribution in [-0.4, -0.2) is 26.4 Å². The lowest BCUT2D eigenvalue weighted by Gasteiger charge is -2.27. The molecule has 0 saturated carbocycles. The summed E-state index contributed by atoms with van der Waals surface area (Å²) >= 11 is 6.07. The van der Waals surface area contributed by atoms with Crippen molar-refractivity contribution in [3.63, 3.8) is 0 Å². The highest BCUT2D eigenvalue weighted by atomic mass is 35.5. The number of H-pyrrole nitrogens is 1. The van der Waals surface area contributed by atoms with E-state index in [0.717, 1.165) is 28.6 Å².